The van der Waals surface area contributed by atoms with Gasteiger partial charge in [-0.15, -0.1) is 11.3 Å². The van der Waals surface area contributed by atoms with Crippen molar-refractivity contribution in [2.75, 3.05) is 40.0 Å². The van der Waals surface area contributed by atoms with E-state index >= 15 is 0 Å². The SMILES string of the molecule is C=CC(=O)N1CCCC(n2cc(-c3nc(-c4ccc5c(c4)CCNC5)c4ccsc4c3-c3ccc(F)cc3OCCOC)cn2)C1. The van der Waals surface area contributed by atoms with Gasteiger partial charge in [-0.3, -0.25) is 9.48 Å². The summed E-state index contributed by atoms with van der Waals surface area (Å²) in [5.41, 5.74) is 7.82. The Balaban J connectivity index is 1.40. The molecular weight excluding hydrogens is 601 g/mol. The van der Waals surface area contributed by atoms with E-state index in [-0.39, 0.29) is 24.4 Å². The van der Waals surface area contributed by atoms with E-state index in [1.54, 1.807) is 24.5 Å². The molecule has 0 saturated carbocycles. The number of ether oxygens (including phenoxy) is 2. The number of hydrogen-bond acceptors (Lipinski definition) is 7. The van der Waals surface area contributed by atoms with Crippen molar-refractivity contribution in [3.8, 4) is 39.4 Å². The molecule has 1 N–H and O–H groups in total. The molecule has 0 spiro atoms. The molecular formula is C36H36FN5O3S. The van der Waals surface area contributed by atoms with E-state index in [0.717, 1.165) is 76.1 Å². The van der Waals surface area contributed by atoms with Crippen molar-refractivity contribution in [3.63, 3.8) is 0 Å². The van der Waals surface area contributed by atoms with Crippen molar-refractivity contribution < 1.29 is 18.7 Å². The number of fused-ring (bicyclic) bond motifs is 2. The number of benzene rings is 2. The molecule has 236 valence electrons. The molecule has 2 aliphatic rings. The number of piperidine rings is 1. The van der Waals surface area contributed by atoms with Gasteiger partial charge in [0.05, 0.1) is 30.2 Å². The van der Waals surface area contributed by atoms with Crippen LogP contribution >= 0.6 is 11.3 Å². The molecule has 0 aliphatic carbocycles. The number of carbonyl (C=O) groups excluding carboxylic acids is 1. The van der Waals surface area contributed by atoms with Gasteiger partial charge in [0.1, 0.15) is 18.2 Å². The highest BCUT2D eigenvalue weighted by molar-refractivity contribution is 7.18. The molecule has 1 amide bonds. The van der Waals surface area contributed by atoms with Crippen LogP contribution in [0.15, 0.2) is 72.9 Å². The third-order valence-electron chi connectivity index (χ3n) is 8.86. The van der Waals surface area contributed by atoms with Gasteiger partial charge in [-0.1, -0.05) is 18.7 Å². The maximum atomic E-state index is 14.6. The minimum Gasteiger partial charge on any atom is -0.490 e. The number of carbonyl (C=O) groups is 1. The molecule has 1 unspecified atom stereocenters. The standard InChI is InChI=1S/C36H36FN5O3S/c1-3-32(43)41-13-4-5-28(22-41)42-21-26(20-39-42)35-33(29-9-8-27(37)18-31(29)45-15-14-44-2)36-30(11-16-46-36)34(40-35)24-6-7-25-19-38-12-10-23(25)17-24/h3,6-9,11,16-18,20-21,28,38H,1,4-5,10,12-15,19,22H2,2H3. The Morgan fingerprint density at radius 2 is 2.07 bits per heavy atom. The first-order valence-corrected chi connectivity index (χ1v) is 16.5. The molecule has 1 atom stereocenters. The summed E-state index contributed by atoms with van der Waals surface area (Å²) >= 11 is 1.63. The van der Waals surface area contributed by atoms with Gasteiger partial charge >= 0.3 is 0 Å². The van der Waals surface area contributed by atoms with Crippen molar-refractivity contribution in [3.05, 3.63) is 89.8 Å². The van der Waals surface area contributed by atoms with Crippen LogP contribution in [0, 0.1) is 5.82 Å². The number of thiophene rings is 1. The van der Waals surface area contributed by atoms with Crippen LogP contribution in [-0.2, 0) is 22.5 Å². The Kier molecular flexibility index (Phi) is 8.66. The molecule has 8 nitrogen and oxygen atoms in total. The molecule has 46 heavy (non-hydrogen) atoms. The van der Waals surface area contributed by atoms with Crippen LogP contribution in [0.3, 0.4) is 0 Å². The Hall–Kier alpha value is -4.38. The summed E-state index contributed by atoms with van der Waals surface area (Å²) in [7, 11) is 1.61. The lowest BCUT2D eigenvalue weighted by Crippen LogP contribution is -2.39. The van der Waals surface area contributed by atoms with Crippen molar-refractivity contribution in [1.82, 2.24) is 25.0 Å². The number of likely N-dealkylation sites (tertiary alicyclic amines) is 1. The normalized spacial score (nSPS) is 16.4. The van der Waals surface area contributed by atoms with Gasteiger partial charge in [-0.05, 0) is 72.7 Å². The number of methoxy groups -OCH3 is 1. The zero-order chi connectivity index (χ0) is 31.6. The predicted octanol–water partition coefficient (Wildman–Crippen LogP) is 6.65. The maximum absolute atomic E-state index is 14.6. The molecule has 5 heterocycles. The fourth-order valence-corrected chi connectivity index (χ4v) is 7.50. The minimum atomic E-state index is -0.378. The molecule has 10 heteroatoms. The van der Waals surface area contributed by atoms with E-state index in [2.05, 4.69) is 41.5 Å². The number of pyridine rings is 1. The fourth-order valence-electron chi connectivity index (χ4n) is 6.55. The summed E-state index contributed by atoms with van der Waals surface area (Å²) in [6, 6.07) is 13.4. The summed E-state index contributed by atoms with van der Waals surface area (Å²) < 4.78 is 28.9. The van der Waals surface area contributed by atoms with Gasteiger partial charge in [-0.25, -0.2) is 9.37 Å². The highest BCUT2D eigenvalue weighted by Gasteiger charge is 2.27. The number of rotatable bonds is 9. The zero-order valence-corrected chi connectivity index (χ0v) is 26.6. The molecule has 2 aliphatic heterocycles. The van der Waals surface area contributed by atoms with Crippen LogP contribution in [0.5, 0.6) is 5.75 Å². The number of nitrogens with one attached hydrogen (secondary N) is 1. The first kappa shape index (κ1) is 30.3. The zero-order valence-electron chi connectivity index (χ0n) is 25.8. The summed E-state index contributed by atoms with van der Waals surface area (Å²) in [5, 5.41) is 11.4. The molecule has 1 saturated heterocycles. The smallest absolute Gasteiger partial charge is 0.246 e. The first-order valence-electron chi connectivity index (χ1n) is 15.7. The quantitative estimate of drug-likeness (QED) is 0.144. The third kappa shape index (κ3) is 5.84. The molecule has 2 aromatic carbocycles. The van der Waals surface area contributed by atoms with Crippen LogP contribution in [0.1, 0.15) is 30.0 Å². The topological polar surface area (TPSA) is 81.5 Å². The lowest BCUT2D eigenvalue weighted by Gasteiger charge is -2.32. The Morgan fingerprint density at radius 1 is 1.15 bits per heavy atom. The van der Waals surface area contributed by atoms with Gasteiger partial charge < -0.3 is 19.7 Å². The minimum absolute atomic E-state index is 0.0350. The number of aromatic nitrogens is 3. The second-order valence-electron chi connectivity index (χ2n) is 11.7. The van der Waals surface area contributed by atoms with Gasteiger partial charge in [-0.2, -0.15) is 5.10 Å². The Labute approximate surface area is 271 Å². The van der Waals surface area contributed by atoms with Gasteiger partial charge in [0.2, 0.25) is 5.91 Å². The average molecular weight is 638 g/mol. The van der Waals surface area contributed by atoms with E-state index in [1.165, 1.54) is 29.3 Å². The van der Waals surface area contributed by atoms with Crippen molar-refractivity contribution in [1.29, 1.82) is 0 Å². The van der Waals surface area contributed by atoms with E-state index in [1.807, 2.05) is 22.0 Å². The number of amides is 1. The molecule has 5 aromatic rings. The van der Waals surface area contributed by atoms with E-state index in [0.29, 0.717) is 25.4 Å². The summed E-state index contributed by atoms with van der Waals surface area (Å²) in [6.07, 6.45) is 8.01. The second-order valence-corrected chi connectivity index (χ2v) is 12.6. The van der Waals surface area contributed by atoms with Crippen molar-refractivity contribution >= 4 is 27.3 Å². The molecule has 0 radical (unpaired) electrons. The number of halogens is 1. The lowest BCUT2D eigenvalue weighted by molar-refractivity contribution is -0.127. The third-order valence-corrected chi connectivity index (χ3v) is 9.80. The van der Waals surface area contributed by atoms with E-state index in [9.17, 15) is 9.18 Å². The molecule has 1 fully saturated rings. The van der Waals surface area contributed by atoms with Crippen LogP contribution in [0.2, 0.25) is 0 Å². The van der Waals surface area contributed by atoms with Crippen LogP contribution in [-0.4, -0.2) is 65.5 Å². The first-order chi connectivity index (χ1) is 22.5. The monoisotopic (exact) mass is 637 g/mol. The van der Waals surface area contributed by atoms with Crippen LogP contribution in [0.25, 0.3) is 43.7 Å². The van der Waals surface area contributed by atoms with Crippen molar-refractivity contribution in [2.24, 2.45) is 0 Å². The highest BCUT2D eigenvalue weighted by atomic mass is 32.1. The summed E-state index contributed by atoms with van der Waals surface area (Å²) in [6.45, 7) is 7.43. The van der Waals surface area contributed by atoms with Crippen LogP contribution < -0.4 is 10.1 Å². The van der Waals surface area contributed by atoms with Gasteiger partial charge in [0.25, 0.3) is 0 Å². The molecule has 3 aromatic heterocycles. The Morgan fingerprint density at radius 3 is 2.93 bits per heavy atom. The van der Waals surface area contributed by atoms with Gasteiger partial charge in [0.15, 0.2) is 0 Å². The van der Waals surface area contributed by atoms with E-state index < -0.39 is 0 Å². The number of hydrogen-bond donors (Lipinski definition) is 1. The summed E-state index contributed by atoms with van der Waals surface area (Å²) in [5.74, 6) is -0.00828. The van der Waals surface area contributed by atoms with E-state index in [4.69, 9.17) is 19.6 Å². The number of nitrogens with zero attached hydrogens (tertiary/aromatic N) is 4. The fraction of sp³-hybridized carbons (Fsp3) is 0.306. The second kappa shape index (κ2) is 13.2. The maximum Gasteiger partial charge on any atom is 0.246 e. The summed E-state index contributed by atoms with van der Waals surface area (Å²) in [4.78, 5) is 19.6. The van der Waals surface area contributed by atoms with Crippen molar-refractivity contribution in [2.45, 2.75) is 31.8 Å². The lowest BCUT2D eigenvalue weighted by atomic mass is 9.93. The highest BCUT2D eigenvalue weighted by Crippen LogP contribution is 2.46. The molecule has 0 bridgehead atoms. The molecule has 7 rings (SSSR count). The average Bonchev–Trinajstić information content (AvgIpc) is 3.79. The van der Waals surface area contributed by atoms with Gasteiger partial charge in [0, 0.05) is 71.3 Å². The largest absolute Gasteiger partial charge is 0.490 e. The predicted molar refractivity (Wildman–Crippen MR) is 180 cm³/mol. The Bertz CT molecular complexity index is 1920. The van der Waals surface area contributed by atoms with Crippen LogP contribution in [0.4, 0.5) is 4.39 Å².